The predicted octanol–water partition coefficient (Wildman–Crippen LogP) is 7.94. The van der Waals surface area contributed by atoms with Gasteiger partial charge in [-0.1, -0.05) is 69.3 Å². The number of anilines is 1. The molecule has 0 aliphatic carbocycles. The lowest BCUT2D eigenvalue weighted by Crippen LogP contribution is -2.46. The molecule has 0 aromatic heterocycles. The van der Waals surface area contributed by atoms with Crippen molar-refractivity contribution in [3.63, 3.8) is 0 Å². The number of nitrogens with one attached hydrogen (secondary N) is 1. The fraction of sp³-hybridized carbons (Fsp3) is 0.459. The smallest absolute Gasteiger partial charge is 0.261 e. The van der Waals surface area contributed by atoms with Gasteiger partial charge < -0.3 is 10.2 Å². The minimum atomic E-state index is -2.59. The number of amides is 2. The molecular formula is C37H44F3N3O2. The molecule has 1 N–H and O–H groups in total. The minimum Gasteiger partial charge on any atom is -0.331 e. The van der Waals surface area contributed by atoms with Gasteiger partial charge in [0, 0.05) is 25.2 Å². The van der Waals surface area contributed by atoms with Crippen LogP contribution in [-0.4, -0.2) is 53.7 Å². The van der Waals surface area contributed by atoms with Gasteiger partial charge in [-0.05, 0) is 85.0 Å². The van der Waals surface area contributed by atoms with E-state index in [2.05, 4.69) is 26.1 Å². The van der Waals surface area contributed by atoms with Crippen molar-refractivity contribution in [2.75, 3.05) is 31.5 Å². The summed E-state index contributed by atoms with van der Waals surface area (Å²) in [7, 11) is 0. The highest BCUT2D eigenvalue weighted by molar-refractivity contribution is 5.98. The van der Waals surface area contributed by atoms with E-state index >= 15 is 4.39 Å². The van der Waals surface area contributed by atoms with Crippen LogP contribution < -0.4 is 5.32 Å². The maximum Gasteiger partial charge on any atom is 0.261 e. The number of carbonyl (C=O) groups is 2. The number of likely N-dealkylation sites (tertiary alicyclic amines) is 2. The summed E-state index contributed by atoms with van der Waals surface area (Å²) in [5.74, 6) is -4.31. The molecule has 45 heavy (non-hydrogen) atoms. The minimum absolute atomic E-state index is 0.0329. The van der Waals surface area contributed by atoms with Gasteiger partial charge in [-0.25, -0.2) is 13.2 Å². The summed E-state index contributed by atoms with van der Waals surface area (Å²) < 4.78 is 42.1. The zero-order valence-corrected chi connectivity index (χ0v) is 26.7. The first-order chi connectivity index (χ1) is 21.3. The summed E-state index contributed by atoms with van der Waals surface area (Å²) in [5.41, 5.74) is 4.16. The molecule has 0 radical (unpaired) electrons. The van der Waals surface area contributed by atoms with E-state index in [-0.39, 0.29) is 29.9 Å². The molecule has 2 aliphatic rings. The Bertz CT molecular complexity index is 1500. The quantitative estimate of drug-likeness (QED) is 0.279. The summed E-state index contributed by atoms with van der Waals surface area (Å²) in [6, 6.07) is 19.7. The van der Waals surface area contributed by atoms with E-state index in [1.54, 1.807) is 24.0 Å². The zero-order valence-electron chi connectivity index (χ0n) is 26.7. The maximum absolute atomic E-state index is 15.0. The molecule has 0 bridgehead atoms. The van der Waals surface area contributed by atoms with Gasteiger partial charge >= 0.3 is 0 Å². The van der Waals surface area contributed by atoms with Gasteiger partial charge in [-0.2, -0.15) is 0 Å². The van der Waals surface area contributed by atoms with Crippen molar-refractivity contribution in [2.45, 2.75) is 77.2 Å². The molecule has 2 amide bonds. The van der Waals surface area contributed by atoms with Crippen LogP contribution in [0.5, 0.6) is 0 Å². The van der Waals surface area contributed by atoms with Crippen molar-refractivity contribution in [3.8, 4) is 0 Å². The molecule has 2 saturated heterocycles. The van der Waals surface area contributed by atoms with Gasteiger partial charge in [-0.3, -0.25) is 14.5 Å². The van der Waals surface area contributed by atoms with E-state index in [0.717, 1.165) is 29.5 Å². The highest BCUT2D eigenvalue weighted by Crippen LogP contribution is 2.39. The van der Waals surface area contributed by atoms with Gasteiger partial charge in [0.25, 0.3) is 11.8 Å². The second-order valence-corrected chi connectivity index (χ2v) is 13.7. The summed E-state index contributed by atoms with van der Waals surface area (Å²) >= 11 is 0. The molecule has 3 aromatic carbocycles. The van der Waals surface area contributed by atoms with Crippen molar-refractivity contribution >= 4 is 17.5 Å². The number of alkyl halides is 2. The molecule has 240 valence electrons. The van der Waals surface area contributed by atoms with Crippen LogP contribution in [-0.2, 0) is 16.6 Å². The van der Waals surface area contributed by atoms with Crippen LogP contribution in [0, 0.1) is 18.7 Å². The molecule has 0 spiro atoms. The number of benzene rings is 3. The SMILES string of the molecule is Cc1cccc(F)c1C(=O)N1CCC[C@H](C(=O)Nc2cccc(C(C)(C)C)c2)[C@@H]1c1ccc(CCCN2CCC(F)(F)C2)cc1. The summed E-state index contributed by atoms with van der Waals surface area (Å²) in [5, 5.41) is 3.11. The van der Waals surface area contributed by atoms with Gasteiger partial charge in [0.1, 0.15) is 5.82 Å². The van der Waals surface area contributed by atoms with Gasteiger partial charge in [0.05, 0.1) is 24.1 Å². The Kier molecular flexibility index (Phi) is 9.73. The highest BCUT2D eigenvalue weighted by atomic mass is 19.3. The second-order valence-electron chi connectivity index (χ2n) is 13.7. The van der Waals surface area contributed by atoms with Crippen molar-refractivity contribution in [1.29, 1.82) is 0 Å². The van der Waals surface area contributed by atoms with Crippen LogP contribution in [0.1, 0.15) is 85.1 Å². The largest absolute Gasteiger partial charge is 0.331 e. The zero-order chi connectivity index (χ0) is 32.4. The Morgan fingerprint density at radius 1 is 1.00 bits per heavy atom. The van der Waals surface area contributed by atoms with E-state index in [1.807, 2.05) is 53.4 Å². The first-order valence-electron chi connectivity index (χ1n) is 16.0. The van der Waals surface area contributed by atoms with Gasteiger partial charge in [0.15, 0.2) is 0 Å². The van der Waals surface area contributed by atoms with E-state index in [1.165, 1.54) is 6.07 Å². The molecule has 2 heterocycles. The van der Waals surface area contributed by atoms with Crippen LogP contribution in [0.2, 0.25) is 0 Å². The van der Waals surface area contributed by atoms with Crippen LogP contribution in [0.4, 0.5) is 18.9 Å². The molecule has 5 rings (SSSR count). The van der Waals surface area contributed by atoms with E-state index in [0.29, 0.717) is 43.7 Å². The number of hydrogen-bond acceptors (Lipinski definition) is 3. The number of aryl methyl sites for hydroxylation is 2. The molecule has 3 aromatic rings. The van der Waals surface area contributed by atoms with Gasteiger partial charge in [0.2, 0.25) is 5.91 Å². The molecule has 0 unspecified atom stereocenters. The number of rotatable bonds is 8. The monoisotopic (exact) mass is 619 g/mol. The van der Waals surface area contributed by atoms with Crippen molar-refractivity contribution in [3.05, 3.63) is 100 Å². The number of nitrogens with zero attached hydrogens (tertiary/aromatic N) is 2. The molecule has 0 saturated carbocycles. The fourth-order valence-electron chi connectivity index (χ4n) is 6.64. The van der Waals surface area contributed by atoms with Crippen molar-refractivity contribution in [1.82, 2.24) is 9.80 Å². The summed E-state index contributed by atoms with van der Waals surface area (Å²) in [6.45, 7) is 9.34. The molecule has 8 heteroatoms. The lowest BCUT2D eigenvalue weighted by Gasteiger charge is -2.41. The highest BCUT2D eigenvalue weighted by Gasteiger charge is 2.41. The summed E-state index contributed by atoms with van der Waals surface area (Å²) in [6.07, 6.45) is 2.61. The lowest BCUT2D eigenvalue weighted by atomic mass is 9.82. The third kappa shape index (κ3) is 7.78. The van der Waals surface area contributed by atoms with E-state index in [9.17, 15) is 18.4 Å². The van der Waals surface area contributed by atoms with Crippen LogP contribution >= 0.6 is 0 Å². The first-order valence-corrected chi connectivity index (χ1v) is 16.0. The van der Waals surface area contributed by atoms with Crippen molar-refractivity contribution in [2.24, 2.45) is 5.92 Å². The van der Waals surface area contributed by atoms with Crippen LogP contribution in [0.3, 0.4) is 0 Å². The Labute approximate surface area is 264 Å². The van der Waals surface area contributed by atoms with E-state index < -0.39 is 29.6 Å². The molecule has 2 atom stereocenters. The Morgan fingerprint density at radius 2 is 1.73 bits per heavy atom. The number of halogens is 3. The average Bonchev–Trinajstić information content (AvgIpc) is 3.34. The second kappa shape index (κ2) is 13.4. The molecule has 2 fully saturated rings. The van der Waals surface area contributed by atoms with Crippen LogP contribution in [0.25, 0.3) is 0 Å². The fourth-order valence-corrected chi connectivity index (χ4v) is 6.64. The number of carbonyl (C=O) groups excluding carboxylic acids is 2. The molecule has 2 aliphatic heterocycles. The van der Waals surface area contributed by atoms with E-state index in [4.69, 9.17) is 0 Å². The maximum atomic E-state index is 15.0. The third-order valence-corrected chi connectivity index (χ3v) is 9.17. The third-order valence-electron chi connectivity index (χ3n) is 9.17. The first kappa shape index (κ1) is 32.7. The Morgan fingerprint density at radius 3 is 2.40 bits per heavy atom. The lowest BCUT2D eigenvalue weighted by molar-refractivity contribution is -0.123. The number of piperidine rings is 1. The summed E-state index contributed by atoms with van der Waals surface area (Å²) in [4.78, 5) is 31.4. The standard InChI is InChI=1S/C37H44F3N3O2/c1-25-9-5-14-31(38)32(25)35(45)43-21-8-13-30(34(44)41-29-12-6-11-28(23-29)36(2,3)4)33(43)27-17-15-26(16-18-27)10-7-20-42-22-19-37(39,40)24-42/h5-6,9,11-12,14-18,23,30,33H,7-8,10,13,19-22,24H2,1-4H3,(H,41,44)/t30-,33-/m0/s1. The normalized spacial score (nSPS) is 20.3. The van der Waals surface area contributed by atoms with Gasteiger partial charge in [-0.15, -0.1) is 0 Å². The predicted molar refractivity (Wildman–Crippen MR) is 172 cm³/mol. The Hall–Kier alpha value is -3.65. The topological polar surface area (TPSA) is 52.7 Å². The van der Waals surface area contributed by atoms with Crippen molar-refractivity contribution < 1.29 is 22.8 Å². The van der Waals surface area contributed by atoms with Crippen LogP contribution in [0.15, 0.2) is 66.7 Å². The molecular weight excluding hydrogens is 575 g/mol. The Balaban J connectivity index is 1.39. The molecule has 5 nitrogen and oxygen atoms in total. The number of hydrogen-bond donors (Lipinski definition) is 1. The average molecular weight is 620 g/mol.